The van der Waals surface area contributed by atoms with Crippen LogP contribution in [0.2, 0.25) is 0 Å². The Kier molecular flexibility index (Phi) is 4.11. The monoisotopic (exact) mass is 216 g/mol. The third-order valence-corrected chi connectivity index (χ3v) is 3.16. The van der Waals surface area contributed by atoms with Crippen molar-refractivity contribution >= 4 is 0 Å². The number of allylic oxidation sites excluding steroid dienone is 1. The molecule has 0 aromatic carbocycles. The lowest BCUT2D eigenvalue weighted by Crippen LogP contribution is -2.23. The fourth-order valence-electron chi connectivity index (χ4n) is 2.32. The second-order valence-electron chi connectivity index (χ2n) is 4.63. The fourth-order valence-corrected chi connectivity index (χ4v) is 2.32. The van der Waals surface area contributed by atoms with Crippen LogP contribution in [0.15, 0.2) is 36.2 Å². The molecule has 2 rings (SSSR count). The number of hydrogen-bond acceptors (Lipinski definition) is 2. The van der Waals surface area contributed by atoms with Crippen molar-refractivity contribution in [2.24, 2.45) is 5.73 Å². The molecule has 1 atom stereocenters. The zero-order valence-electron chi connectivity index (χ0n) is 9.73. The van der Waals surface area contributed by atoms with Gasteiger partial charge in [0.15, 0.2) is 0 Å². The molecular weight excluding hydrogens is 196 g/mol. The first-order valence-electron chi connectivity index (χ1n) is 6.17. The van der Waals surface area contributed by atoms with Crippen LogP contribution in [-0.4, -0.2) is 11.0 Å². The quantitative estimate of drug-likeness (QED) is 0.786. The molecule has 0 radical (unpaired) electrons. The van der Waals surface area contributed by atoms with E-state index in [9.17, 15) is 0 Å². The van der Waals surface area contributed by atoms with Crippen LogP contribution in [0.5, 0.6) is 0 Å². The van der Waals surface area contributed by atoms with Crippen molar-refractivity contribution in [3.8, 4) is 0 Å². The average Bonchev–Trinajstić information content (AvgIpc) is 2.31. The molecule has 0 saturated heterocycles. The van der Waals surface area contributed by atoms with Crippen molar-refractivity contribution in [2.75, 3.05) is 0 Å². The topological polar surface area (TPSA) is 38.9 Å². The molecule has 1 heterocycles. The Morgan fingerprint density at radius 1 is 1.19 bits per heavy atom. The number of pyridine rings is 1. The normalized spacial score (nSPS) is 17.9. The molecule has 0 saturated carbocycles. The van der Waals surface area contributed by atoms with Crippen molar-refractivity contribution in [1.82, 2.24) is 4.98 Å². The highest BCUT2D eigenvalue weighted by atomic mass is 14.6. The Balaban J connectivity index is 1.84. The van der Waals surface area contributed by atoms with Crippen LogP contribution < -0.4 is 5.73 Å². The van der Waals surface area contributed by atoms with Gasteiger partial charge in [-0.3, -0.25) is 4.98 Å². The van der Waals surface area contributed by atoms with Gasteiger partial charge in [0.1, 0.15) is 0 Å². The van der Waals surface area contributed by atoms with Crippen LogP contribution in [0.3, 0.4) is 0 Å². The van der Waals surface area contributed by atoms with Crippen molar-refractivity contribution in [1.29, 1.82) is 0 Å². The van der Waals surface area contributed by atoms with Crippen LogP contribution in [0.1, 0.15) is 37.7 Å². The van der Waals surface area contributed by atoms with Gasteiger partial charge in [-0.25, -0.2) is 0 Å². The second kappa shape index (κ2) is 5.80. The number of nitrogens with zero attached hydrogens (tertiary/aromatic N) is 1. The van der Waals surface area contributed by atoms with Gasteiger partial charge in [-0.15, -0.1) is 0 Å². The highest BCUT2D eigenvalue weighted by molar-refractivity contribution is 5.13. The Morgan fingerprint density at radius 3 is 2.69 bits per heavy atom. The summed E-state index contributed by atoms with van der Waals surface area (Å²) in [6.45, 7) is 0. The SMILES string of the molecule is NC(CC1=CCCCC1)Cc1ccncc1. The summed E-state index contributed by atoms with van der Waals surface area (Å²) >= 11 is 0. The van der Waals surface area contributed by atoms with E-state index in [2.05, 4.69) is 23.2 Å². The van der Waals surface area contributed by atoms with Crippen molar-refractivity contribution in [2.45, 2.75) is 44.6 Å². The highest BCUT2D eigenvalue weighted by Gasteiger charge is 2.09. The molecule has 1 unspecified atom stereocenters. The van der Waals surface area contributed by atoms with Crippen LogP contribution in [0, 0.1) is 0 Å². The zero-order valence-corrected chi connectivity index (χ0v) is 9.73. The van der Waals surface area contributed by atoms with E-state index in [0.717, 1.165) is 12.8 Å². The van der Waals surface area contributed by atoms with Gasteiger partial charge in [-0.05, 0) is 56.2 Å². The number of aromatic nitrogens is 1. The lowest BCUT2D eigenvalue weighted by molar-refractivity contribution is 0.605. The average molecular weight is 216 g/mol. The first kappa shape index (κ1) is 11.3. The predicted molar refractivity (Wildman–Crippen MR) is 67.1 cm³/mol. The zero-order chi connectivity index (χ0) is 11.2. The van der Waals surface area contributed by atoms with Crippen LogP contribution in [0.4, 0.5) is 0 Å². The summed E-state index contributed by atoms with van der Waals surface area (Å²) in [5, 5.41) is 0. The van der Waals surface area contributed by atoms with Gasteiger partial charge in [0.05, 0.1) is 0 Å². The molecule has 2 heteroatoms. The first-order valence-corrected chi connectivity index (χ1v) is 6.17. The molecule has 86 valence electrons. The van der Waals surface area contributed by atoms with Gasteiger partial charge in [0, 0.05) is 18.4 Å². The molecule has 1 aliphatic carbocycles. The molecule has 0 aliphatic heterocycles. The Hall–Kier alpha value is -1.15. The van der Waals surface area contributed by atoms with E-state index in [1.807, 2.05) is 12.4 Å². The van der Waals surface area contributed by atoms with E-state index >= 15 is 0 Å². The summed E-state index contributed by atoms with van der Waals surface area (Å²) in [6.07, 6.45) is 13.3. The lowest BCUT2D eigenvalue weighted by atomic mass is 9.92. The number of rotatable bonds is 4. The molecule has 1 aliphatic rings. The number of hydrogen-bond donors (Lipinski definition) is 1. The highest BCUT2D eigenvalue weighted by Crippen LogP contribution is 2.21. The van der Waals surface area contributed by atoms with Crippen molar-refractivity contribution < 1.29 is 0 Å². The maximum Gasteiger partial charge on any atom is 0.0270 e. The minimum Gasteiger partial charge on any atom is -0.327 e. The fraction of sp³-hybridized carbons (Fsp3) is 0.500. The van der Waals surface area contributed by atoms with E-state index in [4.69, 9.17) is 5.73 Å². The summed E-state index contributed by atoms with van der Waals surface area (Å²) in [5.41, 5.74) is 9.03. The second-order valence-corrected chi connectivity index (χ2v) is 4.63. The summed E-state index contributed by atoms with van der Waals surface area (Å²) in [7, 11) is 0. The van der Waals surface area contributed by atoms with E-state index in [1.165, 1.54) is 31.2 Å². The lowest BCUT2D eigenvalue weighted by Gasteiger charge is -2.17. The van der Waals surface area contributed by atoms with Gasteiger partial charge in [0.2, 0.25) is 0 Å². The van der Waals surface area contributed by atoms with E-state index < -0.39 is 0 Å². The molecule has 1 aromatic heterocycles. The molecular formula is C14H20N2. The standard InChI is InChI=1S/C14H20N2/c15-14(10-12-4-2-1-3-5-12)11-13-6-8-16-9-7-13/h4,6-9,14H,1-3,5,10-11,15H2. The van der Waals surface area contributed by atoms with Crippen molar-refractivity contribution in [3.05, 3.63) is 41.7 Å². The van der Waals surface area contributed by atoms with Gasteiger partial charge >= 0.3 is 0 Å². The molecule has 1 aromatic rings. The number of nitrogens with two attached hydrogens (primary N) is 1. The predicted octanol–water partition coefficient (Wildman–Crippen LogP) is 2.84. The summed E-state index contributed by atoms with van der Waals surface area (Å²) in [4.78, 5) is 4.02. The smallest absolute Gasteiger partial charge is 0.0270 e. The maximum atomic E-state index is 6.18. The van der Waals surface area contributed by atoms with E-state index in [0.29, 0.717) is 0 Å². The molecule has 2 nitrogen and oxygen atoms in total. The Labute approximate surface area is 97.6 Å². The van der Waals surface area contributed by atoms with Gasteiger partial charge in [-0.1, -0.05) is 11.6 Å². The van der Waals surface area contributed by atoms with Gasteiger partial charge < -0.3 is 5.73 Å². The minimum atomic E-state index is 0.256. The van der Waals surface area contributed by atoms with Gasteiger partial charge in [0.25, 0.3) is 0 Å². The molecule has 0 spiro atoms. The first-order chi connectivity index (χ1) is 7.84. The van der Waals surface area contributed by atoms with Gasteiger partial charge in [-0.2, -0.15) is 0 Å². The van der Waals surface area contributed by atoms with Crippen LogP contribution in [-0.2, 0) is 6.42 Å². The molecule has 16 heavy (non-hydrogen) atoms. The maximum absolute atomic E-state index is 6.18. The molecule has 2 N–H and O–H groups in total. The Bertz CT molecular complexity index is 343. The van der Waals surface area contributed by atoms with Crippen LogP contribution >= 0.6 is 0 Å². The largest absolute Gasteiger partial charge is 0.327 e. The summed E-state index contributed by atoms with van der Waals surface area (Å²) in [6, 6.07) is 4.36. The molecule has 0 amide bonds. The van der Waals surface area contributed by atoms with Crippen LogP contribution in [0.25, 0.3) is 0 Å². The molecule has 0 fully saturated rings. The minimum absolute atomic E-state index is 0.256. The van der Waals surface area contributed by atoms with E-state index in [1.54, 1.807) is 5.57 Å². The third-order valence-electron chi connectivity index (χ3n) is 3.16. The Morgan fingerprint density at radius 2 is 2.00 bits per heavy atom. The summed E-state index contributed by atoms with van der Waals surface area (Å²) in [5.74, 6) is 0. The van der Waals surface area contributed by atoms with E-state index in [-0.39, 0.29) is 6.04 Å². The van der Waals surface area contributed by atoms with Crippen molar-refractivity contribution in [3.63, 3.8) is 0 Å². The summed E-state index contributed by atoms with van der Waals surface area (Å²) < 4.78 is 0. The molecule has 0 bridgehead atoms. The third kappa shape index (κ3) is 3.46.